The molecule has 0 saturated carbocycles. The van der Waals surface area contributed by atoms with E-state index in [1.165, 1.54) is 11.1 Å². The van der Waals surface area contributed by atoms with Crippen molar-refractivity contribution in [1.82, 2.24) is 14.1 Å². The van der Waals surface area contributed by atoms with Gasteiger partial charge in [-0.05, 0) is 131 Å². The molecule has 1 aliphatic heterocycles. The number of fused-ring (bicyclic) bond motifs is 10. The molecule has 11 aromatic rings. The molecule has 0 saturated heterocycles. The van der Waals surface area contributed by atoms with E-state index in [-0.39, 0.29) is 37.3 Å². The number of benzene rings is 8. The molecule has 0 spiro atoms. The topological polar surface area (TPSA) is 35.2 Å². The molecule has 366 valence electrons. The van der Waals surface area contributed by atoms with Gasteiger partial charge in [-0.3, -0.25) is 0 Å². The second-order valence-corrected chi connectivity index (χ2v) is 22.4. The van der Waals surface area contributed by atoms with E-state index in [0.717, 1.165) is 99.0 Å². The van der Waals surface area contributed by atoms with Crippen LogP contribution >= 0.6 is 0 Å². The van der Waals surface area contributed by atoms with Crippen molar-refractivity contribution in [1.29, 1.82) is 0 Å². The first-order valence-corrected chi connectivity index (χ1v) is 24.9. The number of hydrogen-bond acceptors (Lipinski definition) is 3. The molecular formula is C67H59N4OPt-3. The average molecular weight is 1130 g/mol. The third-order valence-corrected chi connectivity index (χ3v) is 14.4. The van der Waals surface area contributed by atoms with E-state index in [2.05, 4.69) is 229 Å². The summed E-state index contributed by atoms with van der Waals surface area (Å²) in [6.45, 7) is 19.7. The molecule has 0 radical (unpaired) electrons. The van der Waals surface area contributed by atoms with Crippen LogP contribution in [0.15, 0.2) is 170 Å². The maximum absolute atomic E-state index is 8.67. The number of pyridine rings is 1. The number of aryl methyl sites for hydroxylation is 1. The van der Waals surface area contributed by atoms with Crippen molar-refractivity contribution >= 4 is 76.5 Å². The second kappa shape index (κ2) is 17.7. The van der Waals surface area contributed by atoms with Gasteiger partial charge in [-0.15, -0.1) is 35.7 Å². The van der Waals surface area contributed by atoms with Crippen LogP contribution in [0, 0.1) is 25.7 Å². The molecule has 8 aromatic carbocycles. The van der Waals surface area contributed by atoms with Crippen LogP contribution in [0.1, 0.15) is 88.7 Å². The first kappa shape index (κ1) is 44.4. The molecule has 4 heterocycles. The summed E-state index contributed by atoms with van der Waals surface area (Å²) < 4.78 is 37.3. The Balaban J connectivity index is 0.00000616. The molecule has 0 amide bonds. The molecular weight excluding hydrogens is 1070 g/mol. The molecule has 6 heteroatoms. The maximum Gasteiger partial charge on any atom is 0.135 e. The maximum atomic E-state index is 8.67. The summed E-state index contributed by atoms with van der Waals surface area (Å²) in [5.74, 6) is 1.92. The normalized spacial score (nSPS) is 13.5. The molecule has 5 nitrogen and oxygen atoms in total. The van der Waals surface area contributed by atoms with Crippen molar-refractivity contribution < 1.29 is 29.9 Å². The van der Waals surface area contributed by atoms with Crippen molar-refractivity contribution in [3.05, 3.63) is 211 Å². The third-order valence-electron chi connectivity index (χ3n) is 14.4. The molecule has 3 aromatic heterocycles. The van der Waals surface area contributed by atoms with Gasteiger partial charge < -0.3 is 18.8 Å². The van der Waals surface area contributed by atoms with Crippen molar-refractivity contribution in [2.45, 2.75) is 85.4 Å². The number of hydrogen-bond donors (Lipinski definition) is 0. The van der Waals surface area contributed by atoms with Crippen molar-refractivity contribution in [3.63, 3.8) is 0 Å². The van der Waals surface area contributed by atoms with Crippen LogP contribution in [0.5, 0.6) is 11.5 Å². The van der Waals surface area contributed by atoms with E-state index in [1.807, 2.05) is 36.5 Å². The zero-order valence-corrected chi connectivity index (χ0v) is 45.0. The zero-order valence-electron chi connectivity index (χ0n) is 45.8. The van der Waals surface area contributed by atoms with Crippen LogP contribution in [0.2, 0.25) is 0 Å². The Labute approximate surface area is 447 Å². The van der Waals surface area contributed by atoms with Gasteiger partial charge in [-0.1, -0.05) is 188 Å². The Kier molecular flexibility index (Phi) is 10.8. The number of nitrogens with zero attached hydrogens (tertiary/aromatic N) is 4. The Bertz CT molecular complexity index is 4170. The SMILES string of the molecule is [2H]C([2H])([2H])c1cc(-c2cccc3c4ccc(C(C)(C)C)cc4c4ccccc4c4cccc5c4n(c23)[CH-]N5c2[c-]c(Oc3[c-]c4c(cc3)c3ccccc3n4-c3cc(C(C)(C)C)ccn3)ccc2)cc(C(C)(C)C)c1.[Pt]. The van der Waals surface area contributed by atoms with Crippen LogP contribution in [-0.2, 0) is 37.3 Å². The largest absolute Gasteiger partial charge is 0.509 e. The minimum Gasteiger partial charge on any atom is -0.509 e. The van der Waals surface area contributed by atoms with Crippen LogP contribution in [-0.4, -0.2) is 14.1 Å². The Hall–Kier alpha value is -7.33. The molecule has 12 rings (SSSR count). The predicted molar refractivity (Wildman–Crippen MR) is 303 cm³/mol. The summed E-state index contributed by atoms with van der Waals surface area (Å²) in [5.41, 5.74) is 10.6. The second-order valence-electron chi connectivity index (χ2n) is 22.4. The van der Waals surface area contributed by atoms with E-state index in [4.69, 9.17) is 13.8 Å². The van der Waals surface area contributed by atoms with Crippen molar-refractivity contribution in [2.24, 2.45) is 0 Å². The van der Waals surface area contributed by atoms with Gasteiger partial charge in [0.2, 0.25) is 0 Å². The summed E-state index contributed by atoms with van der Waals surface area (Å²) in [7, 11) is 0. The summed E-state index contributed by atoms with van der Waals surface area (Å²) in [4.78, 5) is 7.08. The molecule has 0 unspecified atom stereocenters. The van der Waals surface area contributed by atoms with Gasteiger partial charge in [0.1, 0.15) is 5.82 Å². The average Bonchev–Trinajstić information content (AvgIpc) is 4.02. The fourth-order valence-corrected chi connectivity index (χ4v) is 10.6. The number of ether oxygens (including phenoxy) is 1. The molecule has 0 bridgehead atoms. The Morgan fingerprint density at radius 2 is 1.15 bits per heavy atom. The summed E-state index contributed by atoms with van der Waals surface area (Å²) >= 11 is 0. The molecule has 0 N–H and O–H groups in total. The van der Waals surface area contributed by atoms with Crippen LogP contribution < -0.4 is 9.64 Å². The first-order chi connectivity index (χ1) is 35.7. The van der Waals surface area contributed by atoms with Crippen LogP contribution in [0.25, 0.3) is 82.1 Å². The van der Waals surface area contributed by atoms with Gasteiger partial charge in [-0.2, -0.15) is 12.1 Å². The number of rotatable bonds is 5. The van der Waals surface area contributed by atoms with Gasteiger partial charge in [0.15, 0.2) is 0 Å². The van der Waals surface area contributed by atoms with Crippen LogP contribution in [0.3, 0.4) is 0 Å². The van der Waals surface area contributed by atoms with Gasteiger partial charge in [0.25, 0.3) is 0 Å². The zero-order chi connectivity index (χ0) is 52.3. The number of para-hydroxylation sites is 3. The standard InChI is InChI=1S/C67H59N4O.Pt/c1-42-34-43(36-46(35-42)67(8,9)10)50-23-16-24-56-53-30-28-44(65(2,3)4)37-58(53)52-21-12-11-20-51(52)57-25-17-27-60-64(57)70(63(50)56)41-69(60)47-18-15-19-48(39-47)72-49-29-31-55-54-22-13-14-26-59(54)71(61(55)40-49)62-38-45(32-33-68-62)66(5,6)7;/h11-38,41H,1-10H3;/q-3;/i1D3;. The van der Waals surface area contributed by atoms with Crippen molar-refractivity contribution in [2.75, 3.05) is 4.90 Å². The predicted octanol–water partition coefficient (Wildman–Crippen LogP) is 18.1. The van der Waals surface area contributed by atoms with Gasteiger partial charge in [0.05, 0.1) is 0 Å². The molecule has 73 heavy (non-hydrogen) atoms. The summed E-state index contributed by atoms with van der Waals surface area (Å²) in [5, 5.41) is 8.74. The number of anilines is 2. The van der Waals surface area contributed by atoms with Crippen LogP contribution in [0.4, 0.5) is 11.4 Å². The monoisotopic (exact) mass is 1130 g/mol. The van der Waals surface area contributed by atoms with E-state index in [9.17, 15) is 0 Å². The van der Waals surface area contributed by atoms with Gasteiger partial charge >= 0.3 is 0 Å². The number of aromatic nitrogens is 3. The minimum atomic E-state index is -2.31. The van der Waals surface area contributed by atoms with Crippen molar-refractivity contribution in [3.8, 4) is 28.4 Å². The fourth-order valence-electron chi connectivity index (χ4n) is 10.6. The first-order valence-electron chi connectivity index (χ1n) is 26.4. The van der Waals surface area contributed by atoms with E-state index < -0.39 is 6.85 Å². The van der Waals surface area contributed by atoms with E-state index in [0.29, 0.717) is 17.1 Å². The van der Waals surface area contributed by atoms with Gasteiger partial charge in [0, 0.05) is 54.1 Å². The van der Waals surface area contributed by atoms with E-state index in [1.54, 1.807) is 0 Å². The van der Waals surface area contributed by atoms with Gasteiger partial charge in [-0.25, -0.2) is 4.98 Å². The fraction of sp³-hybridized carbons (Fsp3) is 0.194. The summed E-state index contributed by atoms with van der Waals surface area (Å²) in [6.07, 6.45) is 1.89. The summed E-state index contributed by atoms with van der Waals surface area (Å²) in [6, 6.07) is 64.6. The smallest absolute Gasteiger partial charge is 0.135 e. The molecule has 0 aliphatic carbocycles. The quantitative estimate of drug-likeness (QED) is 0.161. The molecule has 0 atom stereocenters. The molecule has 0 fully saturated rings. The Morgan fingerprint density at radius 3 is 1.90 bits per heavy atom. The van der Waals surface area contributed by atoms with E-state index >= 15 is 0 Å². The third kappa shape index (κ3) is 8.32. The molecule has 1 aliphatic rings. The Morgan fingerprint density at radius 1 is 0.521 bits per heavy atom. The minimum absolute atomic E-state index is 0.